The molecular weight excluding hydrogens is 262 g/mol. The van der Waals surface area contributed by atoms with Crippen LogP contribution in [0.25, 0.3) is 4.85 Å². The first-order valence-electron chi connectivity index (χ1n) is 6.36. The summed E-state index contributed by atoms with van der Waals surface area (Å²) in [5, 5.41) is 0. The van der Waals surface area contributed by atoms with Crippen molar-refractivity contribution in [1.29, 1.82) is 0 Å². The Kier molecular flexibility index (Phi) is 3.09. The molecule has 21 heavy (non-hydrogen) atoms. The molecule has 1 aliphatic heterocycles. The molecule has 3 rings (SSSR count). The van der Waals surface area contributed by atoms with Crippen LogP contribution in [0.4, 0.5) is 17.1 Å². The van der Waals surface area contributed by atoms with E-state index in [-0.39, 0.29) is 5.71 Å². The Morgan fingerprint density at radius 2 is 1.76 bits per heavy atom. The van der Waals surface area contributed by atoms with Crippen molar-refractivity contribution in [2.45, 2.75) is 0 Å². The van der Waals surface area contributed by atoms with Crippen molar-refractivity contribution in [3.8, 4) is 0 Å². The lowest BCUT2D eigenvalue weighted by Gasteiger charge is -2.31. The van der Waals surface area contributed by atoms with E-state index in [4.69, 9.17) is 6.57 Å². The van der Waals surface area contributed by atoms with E-state index in [1.807, 2.05) is 59.5 Å². The molecule has 0 spiro atoms. The van der Waals surface area contributed by atoms with Crippen LogP contribution in [0.15, 0.2) is 71.9 Å². The molecule has 0 N–H and O–H groups in total. The molecule has 4 nitrogen and oxygen atoms in total. The minimum atomic E-state index is -0.699. The van der Waals surface area contributed by atoms with Crippen LogP contribution in [0.1, 0.15) is 0 Å². The van der Waals surface area contributed by atoms with Gasteiger partial charge >= 0.3 is 5.91 Å². The predicted octanol–water partition coefficient (Wildman–Crippen LogP) is 3.87. The van der Waals surface area contributed by atoms with Crippen LogP contribution in [-0.2, 0) is 4.79 Å². The second-order valence-corrected chi connectivity index (χ2v) is 4.48. The summed E-state index contributed by atoms with van der Waals surface area (Å²) in [4.78, 5) is 20.9. The quantitative estimate of drug-likeness (QED) is 0.779. The van der Waals surface area contributed by atoms with Gasteiger partial charge in [0.2, 0.25) is 0 Å². The van der Waals surface area contributed by atoms with Crippen molar-refractivity contribution in [3.05, 3.63) is 78.3 Å². The normalized spacial score (nSPS) is 13.2. The monoisotopic (exact) mass is 273 g/mol. The van der Waals surface area contributed by atoms with E-state index >= 15 is 0 Å². The number of amides is 1. The zero-order chi connectivity index (χ0) is 14.8. The smallest absolute Gasteiger partial charge is 0.309 e. The number of aliphatic imine (C=N–C) groups is 1. The topological polar surface area (TPSA) is 37.0 Å². The first kappa shape index (κ1) is 12.8. The van der Waals surface area contributed by atoms with Gasteiger partial charge in [-0.05, 0) is 24.3 Å². The van der Waals surface area contributed by atoms with Gasteiger partial charge in [-0.25, -0.2) is 0 Å². The minimum Gasteiger partial charge on any atom is -0.309 e. The molecular formula is C17H11N3O. The van der Waals surface area contributed by atoms with Crippen molar-refractivity contribution in [1.82, 2.24) is 0 Å². The van der Waals surface area contributed by atoms with Crippen molar-refractivity contribution < 1.29 is 4.79 Å². The maximum atomic E-state index is 11.8. The number of nitrogens with zero attached hydrogens (tertiary/aromatic N) is 3. The van der Waals surface area contributed by atoms with Crippen LogP contribution >= 0.6 is 0 Å². The number of carbonyl (C=O) groups is 1. The molecule has 0 saturated carbocycles. The van der Waals surface area contributed by atoms with Gasteiger partial charge in [-0.3, -0.25) is 4.99 Å². The Labute approximate surface area is 122 Å². The summed E-state index contributed by atoms with van der Waals surface area (Å²) in [6.07, 6.45) is 0. The number of para-hydroxylation sites is 3. The fraction of sp³-hybridized carbons (Fsp3) is 0. The number of carbonyl (C=O) groups excluding carboxylic acids is 1. The average molecular weight is 273 g/mol. The van der Waals surface area contributed by atoms with Crippen molar-refractivity contribution >= 4 is 28.7 Å². The largest absolute Gasteiger partial charge is 0.406 e. The standard InChI is InChI=1S/C17H11N3O/c1-12-16(17(21)18-2)19-14-10-6-7-11-15(14)20(12)13-8-4-3-5-9-13/h3-11H,1H2. The van der Waals surface area contributed by atoms with Crippen LogP contribution in [0.3, 0.4) is 0 Å². The Morgan fingerprint density at radius 3 is 2.48 bits per heavy atom. The van der Waals surface area contributed by atoms with Crippen LogP contribution in [-0.4, -0.2) is 11.6 Å². The third-order valence-corrected chi connectivity index (χ3v) is 3.22. The Hall–Kier alpha value is -3.19. The minimum absolute atomic E-state index is 0.0903. The lowest BCUT2D eigenvalue weighted by atomic mass is 10.1. The van der Waals surface area contributed by atoms with E-state index in [1.165, 1.54) is 0 Å². The van der Waals surface area contributed by atoms with Crippen LogP contribution in [0.2, 0.25) is 0 Å². The van der Waals surface area contributed by atoms with Gasteiger partial charge in [0.15, 0.2) is 0 Å². The number of hydrogen-bond acceptors (Lipinski definition) is 3. The van der Waals surface area contributed by atoms with Crippen LogP contribution < -0.4 is 4.90 Å². The van der Waals surface area contributed by atoms with Gasteiger partial charge in [0.25, 0.3) is 0 Å². The molecule has 1 aliphatic rings. The van der Waals surface area contributed by atoms with E-state index in [0.29, 0.717) is 11.4 Å². The molecule has 1 amide bonds. The number of hydrogen-bond donors (Lipinski definition) is 0. The van der Waals surface area contributed by atoms with Crippen molar-refractivity contribution in [2.75, 3.05) is 4.90 Å². The van der Waals surface area contributed by atoms with E-state index in [9.17, 15) is 4.79 Å². The maximum Gasteiger partial charge on any atom is 0.406 e. The number of anilines is 2. The molecule has 0 atom stereocenters. The highest BCUT2D eigenvalue weighted by molar-refractivity contribution is 6.50. The molecule has 2 aromatic carbocycles. The Balaban J connectivity index is 2.22. The predicted molar refractivity (Wildman–Crippen MR) is 82.9 cm³/mol. The summed E-state index contributed by atoms with van der Waals surface area (Å²) >= 11 is 0. The summed E-state index contributed by atoms with van der Waals surface area (Å²) in [5.41, 5.74) is 2.88. The highest BCUT2D eigenvalue weighted by atomic mass is 16.1. The second-order valence-electron chi connectivity index (χ2n) is 4.48. The maximum absolute atomic E-state index is 11.8. The van der Waals surface area contributed by atoms with Gasteiger partial charge in [-0.1, -0.05) is 36.9 Å². The fourth-order valence-corrected chi connectivity index (χ4v) is 2.28. The molecule has 0 unspecified atom stereocenters. The summed E-state index contributed by atoms with van der Waals surface area (Å²) < 4.78 is 0. The van der Waals surface area contributed by atoms with E-state index in [1.54, 1.807) is 0 Å². The van der Waals surface area contributed by atoms with Crippen LogP contribution in [0, 0.1) is 6.57 Å². The Bertz CT molecular complexity index is 800. The highest BCUT2D eigenvalue weighted by Crippen LogP contribution is 2.40. The molecule has 0 saturated heterocycles. The van der Waals surface area contributed by atoms with E-state index < -0.39 is 5.91 Å². The molecule has 0 aromatic heterocycles. The molecule has 0 fully saturated rings. The van der Waals surface area contributed by atoms with Gasteiger partial charge in [0.1, 0.15) is 5.71 Å². The first-order valence-corrected chi connectivity index (χ1v) is 6.36. The summed E-state index contributed by atoms with van der Waals surface area (Å²) in [6, 6.07) is 17.1. The van der Waals surface area contributed by atoms with Crippen LogP contribution in [0.5, 0.6) is 0 Å². The van der Waals surface area contributed by atoms with Gasteiger partial charge in [-0.2, -0.15) is 4.85 Å². The number of fused-ring (bicyclic) bond motifs is 1. The zero-order valence-corrected chi connectivity index (χ0v) is 11.2. The average Bonchev–Trinajstić information content (AvgIpc) is 2.54. The van der Waals surface area contributed by atoms with E-state index in [0.717, 1.165) is 11.4 Å². The summed E-state index contributed by atoms with van der Waals surface area (Å²) in [7, 11) is 0. The second kappa shape index (κ2) is 5.06. The van der Waals surface area contributed by atoms with Crippen molar-refractivity contribution in [3.63, 3.8) is 0 Å². The lowest BCUT2D eigenvalue weighted by molar-refractivity contribution is -0.109. The molecule has 1 heterocycles. The summed E-state index contributed by atoms with van der Waals surface area (Å²) in [6.45, 7) is 10.9. The van der Waals surface area contributed by atoms with Gasteiger partial charge in [-0.15, -0.1) is 0 Å². The molecule has 0 bridgehead atoms. The Morgan fingerprint density at radius 1 is 1.10 bits per heavy atom. The van der Waals surface area contributed by atoms with Gasteiger partial charge < -0.3 is 9.69 Å². The molecule has 100 valence electrons. The number of rotatable bonds is 2. The number of benzene rings is 2. The lowest BCUT2D eigenvalue weighted by Crippen LogP contribution is -2.28. The molecule has 0 aliphatic carbocycles. The third-order valence-electron chi connectivity index (χ3n) is 3.22. The highest BCUT2D eigenvalue weighted by Gasteiger charge is 2.28. The van der Waals surface area contributed by atoms with Gasteiger partial charge in [0.05, 0.1) is 23.6 Å². The molecule has 0 radical (unpaired) electrons. The summed E-state index contributed by atoms with van der Waals surface area (Å²) in [5.74, 6) is -0.699. The molecule has 4 heteroatoms. The molecule has 2 aromatic rings. The van der Waals surface area contributed by atoms with Gasteiger partial charge in [0, 0.05) is 5.69 Å². The first-order chi connectivity index (χ1) is 10.2. The van der Waals surface area contributed by atoms with Crippen molar-refractivity contribution in [2.24, 2.45) is 4.99 Å². The SMILES string of the molecule is [C-]#[N+]C(=O)C1=Nc2ccccc2N(c2ccccc2)C1=C. The third kappa shape index (κ3) is 2.11. The van der Waals surface area contributed by atoms with E-state index in [2.05, 4.69) is 16.4 Å². The fourth-order valence-electron chi connectivity index (χ4n) is 2.28. The zero-order valence-electron chi connectivity index (χ0n) is 11.2.